The molecule has 0 unspecified atom stereocenters. The van der Waals surface area contributed by atoms with Crippen LogP contribution in [0.5, 0.6) is 0 Å². The van der Waals surface area contributed by atoms with Crippen molar-refractivity contribution in [1.29, 1.82) is 0 Å². The average molecular weight is 761 g/mol. The van der Waals surface area contributed by atoms with Gasteiger partial charge in [0.05, 0.1) is 5.69 Å². The number of anilines is 5. The molecule has 8 aromatic carbocycles. The fourth-order valence-electron chi connectivity index (χ4n) is 7.27. The lowest BCUT2D eigenvalue weighted by molar-refractivity contribution is 1.21. The molecule has 0 amide bonds. The van der Waals surface area contributed by atoms with Crippen molar-refractivity contribution >= 4 is 71.7 Å². The smallest absolute Gasteiger partial charge is 0.0554 e. The number of fused-ring (bicyclic) bond motifs is 3. The number of thiophene rings is 1. The van der Waals surface area contributed by atoms with Crippen LogP contribution in [0.25, 0.3) is 31.3 Å². The lowest BCUT2D eigenvalue weighted by atomic mass is 9.96. The Morgan fingerprint density at radius 3 is 1.70 bits per heavy atom. The Kier molecular flexibility index (Phi) is 11.0. The monoisotopic (exact) mass is 760 g/mol. The summed E-state index contributed by atoms with van der Waals surface area (Å²) in [7, 11) is 2.14. The van der Waals surface area contributed by atoms with Gasteiger partial charge in [-0.1, -0.05) is 127 Å². The summed E-state index contributed by atoms with van der Waals surface area (Å²) in [5, 5.41) is 2.56. The number of aryl methyl sites for hydroxylation is 3. The second-order valence-corrected chi connectivity index (χ2v) is 16.2. The van der Waals surface area contributed by atoms with Gasteiger partial charge in [-0.25, -0.2) is 0 Å². The van der Waals surface area contributed by atoms with E-state index < -0.39 is 0 Å². The van der Waals surface area contributed by atoms with Gasteiger partial charge in [0.1, 0.15) is 0 Å². The van der Waals surface area contributed by atoms with Gasteiger partial charge >= 0.3 is 0 Å². The van der Waals surface area contributed by atoms with Crippen molar-refractivity contribution in [1.82, 2.24) is 0 Å². The number of hydrogen-bond donors (Lipinski definition) is 0. The van der Waals surface area contributed by atoms with Crippen LogP contribution in [0.2, 0.25) is 0 Å². The predicted octanol–water partition coefficient (Wildman–Crippen LogP) is 15.7. The first-order valence-electron chi connectivity index (χ1n) is 19.0. The number of benzene rings is 8. The maximum Gasteiger partial charge on any atom is 0.0554 e. The van der Waals surface area contributed by atoms with E-state index >= 15 is 0 Å². The molecule has 0 bridgehead atoms. The molecule has 56 heavy (non-hydrogen) atoms. The standard InChI is InChI=1S/C46H38N2S2.C6H6/c1-31-14-11-12-19-39(31)40-25-23-36(28-32(40)2)48(37-24-27-43(33(3)29-37)49-38-17-9-6-10-18-38)42-20-13-21-44-46(42)41-26-22-35(30-45(41)50-44)47(4)34-15-7-5-8-16-34;1-2-4-6-5-3-1/h5-30H,1-4H3;1-6H. The van der Waals surface area contributed by atoms with Gasteiger partial charge in [0.25, 0.3) is 0 Å². The molecule has 0 aliphatic carbocycles. The number of hydrogen-bond acceptors (Lipinski definition) is 4. The quantitative estimate of drug-likeness (QED) is 0.152. The number of nitrogens with zero attached hydrogens (tertiary/aromatic N) is 2. The van der Waals surface area contributed by atoms with Crippen molar-refractivity contribution in [2.45, 2.75) is 30.6 Å². The first kappa shape index (κ1) is 36.9. The summed E-state index contributed by atoms with van der Waals surface area (Å²) in [4.78, 5) is 7.22. The first-order valence-corrected chi connectivity index (χ1v) is 20.6. The fraction of sp³-hybridized carbons (Fsp3) is 0.0769. The van der Waals surface area contributed by atoms with E-state index in [1.807, 2.05) is 59.5 Å². The van der Waals surface area contributed by atoms with Crippen molar-refractivity contribution in [3.63, 3.8) is 0 Å². The van der Waals surface area contributed by atoms with Gasteiger partial charge < -0.3 is 9.80 Å². The van der Waals surface area contributed by atoms with Crippen LogP contribution < -0.4 is 9.80 Å². The van der Waals surface area contributed by atoms with Gasteiger partial charge in [-0.3, -0.25) is 0 Å². The summed E-state index contributed by atoms with van der Waals surface area (Å²) < 4.78 is 2.56. The zero-order valence-corrected chi connectivity index (χ0v) is 33.8. The molecule has 274 valence electrons. The molecule has 0 saturated heterocycles. The SMILES string of the molecule is Cc1cc(N(c2ccc(-c3ccccc3C)c(C)c2)c2cccc3sc4cc(N(C)c5ccccc5)ccc4c23)ccc1Sc1ccccc1.c1ccccc1. The van der Waals surface area contributed by atoms with E-state index in [4.69, 9.17) is 0 Å². The normalized spacial score (nSPS) is 10.9. The predicted molar refractivity (Wildman–Crippen MR) is 245 cm³/mol. The van der Waals surface area contributed by atoms with Crippen LogP contribution in [0, 0.1) is 20.8 Å². The molecule has 9 rings (SSSR count). The minimum absolute atomic E-state index is 1.15. The highest BCUT2D eigenvalue weighted by Gasteiger charge is 2.21. The van der Waals surface area contributed by atoms with Gasteiger partial charge in [0.15, 0.2) is 0 Å². The minimum atomic E-state index is 1.15. The third-order valence-electron chi connectivity index (χ3n) is 10.2. The maximum atomic E-state index is 2.46. The van der Waals surface area contributed by atoms with Gasteiger partial charge in [-0.15, -0.1) is 11.3 Å². The van der Waals surface area contributed by atoms with Gasteiger partial charge in [0.2, 0.25) is 0 Å². The van der Waals surface area contributed by atoms with Gasteiger partial charge in [0, 0.05) is 59.8 Å². The van der Waals surface area contributed by atoms with Crippen molar-refractivity contribution in [3.8, 4) is 11.1 Å². The zero-order chi connectivity index (χ0) is 38.4. The molecule has 0 fully saturated rings. The fourth-order valence-corrected chi connectivity index (χ4v) is 9.33. The van der Waals surface area contributed by atoms with E-state index in [1.54, 1.807) is 0 Å². The topological polar surface area (TPSA) is 6.48 Å². The Balaban J connectivity index is 0.000000673. The second kappa shape index (κ2) is 16.7. The van der Waals surface area contributed by atoms with E-state index in [9.17, 15) is 0 Å². The molecule has 9 aromatic rings. The summed E-state index contributed by atoms with van der Waals surface area (Å²) in [5.74, 6) is 0. The van der Waals surface area contributed by atoms with Gasteiger partial charge in [-0.2, -0.15) is 0 Å². The minimum Gasteiger partial charge on any atom is -0.345 e. The summed E-state index contributed by atoms with van der Waals surface area (Å²) in [6, 6.07) is 69.3. The van der Waals surface area contributed by atoms with Crippen LogP contribution in [0.3, 0.4) is 0 Å². The lowest BCUT2D eigenvalue weighted by Gasteiger charge is -2.28. The molecule has 0 atom stereocenters. The molecule has 0 radical (unpaired) electrons. The highest BCUT2D eigenvalue weighted by atomic mass is 32.2. The molecule has 0 saturated carbocycles. The molecule has 0 aliphatic heterocycles. The first-order chi connectivity index (χ1) is 27.4. The Bertz CT molecular complexity index is 2690. The van der Waals surface area contributed by atoms with Crippen molar-refractivity contribution in [2.75, 3.05) is 16.8 Å². The van der Waals surface area contributed by atoms with E-state index in [0.717, 1.165) is 11.4 Å². The van der Waals surface area contributed by atoms with Crippen LogP contribution in [0.1, 0.15) is 16.7 Å². The Morgan fingerprint density at radius 1 is 0.429 bits per heavy atom. The average Bonchev–Trinajstić information content (AvgIpc) is 3.62. The van der Waals surface area contributed by atoms with Gasteiger partial charge in [-0.05, 0) is 127 Å². The molecule has 0 spiro atoms. The van der Waals surface area contributed by atoms with E-state index in [2.05, 4.69) is 195 Å². The van der Waals surface area contributed by atoms with Crippen molar-refractivity contribution in [2.24, 2.45) is 0 Å². The Morgan fingerprint density at radius 2 is 1.02 bits per heavy atom. The molecule has 1 aromatic heterocycles. The second-order valence-electron chi connectivity index (χ2n) is 14.0. The Labute approximate surface area is 339 Å². The van der Waals surface area contributed by atoms with E-state index in [-0.39, 0.29) is 0 Å². The third-order valence-corrected chi connectivity index (χ3v) is 12.5. The van der Waals surface area contributed by atoms with E-state index in [1.165, 1.54) is 74.8 Å². The summed E-state index contributed by atoms with van der Waals surface area (Å²) >= 11 is 3.68. The van der Waals surface area contributed by atoms with Crippen LogP contribution >= 0.6 is 23.1 Å². The van der Waals surface area contributed by atoms with Crippen molar-refractivity contribution < 1.29 is 0 Å². The molecule has 2 nitrogen and oxygen atoms in total. The molecule has 4 heteroatoms. The van der Waals surface area contributed by atoms with Crippen LogP contribution in [-0.2, 0) is 0 Å². The maximum absolute atomic E-state index is 2.46. The van der Waals surface area contributed by atoms with Crippen molar-refractivity contribution in [3.05, 3.63) is 211 Å². The third kappa shape index (κ3) is 7.85. The highest BCUT2D eigenvalue weighted by molar-refractivity contribution is 7.99. The molecular weight excluding hydrogens is 717 g/mol. The Hall–Kier alpha value is -6.07. The van der Waals surface area contributed by atoms with Crippen LogP contribution in [0.4, 0.5) is 28.4 Å². The highest BCUT2D eigenvalue weighted by Crippen LogP contribution is 2.47. The molecule has 1 heterocycles. The number of rotatable bonds is 8. The molecule has 0 aliphatic rings. The summed E-state index contributed by atoms with van der Waals surface area (Å²) in [6.45, 7) is 6.66. The van der Waals surface area contributed by atoms with E-state index in [0.29, 0.717) is 0 Å². The largest absolute Gasteiger partial charge is 0.345 e. The summed E-state index contributed by atoms with van der Waals surface area (Å²) in [6.07, 6.45) is 0. The lowest BCUT2D eigenvalue weighted by Crippen LogP contribution is -2.11. The summed E-state index contributed by atoms with van der Waals surface area (Å²) in [5.41, 5.74) is 12.2. The zero-order valence-electron chi connectivity index (χ0n) is 32.2. The molecular formula is C52H44N2S2. The van der Waals surface area contributed by atoms with Crippen LogP contribution in [0.15, 0.2) is 204 Å². The molecule has 0 N–H and O–H groups in total. The van der Waals surface area contributed by atoms with Crippen LogP contribution in [-0.4, -0.2) is 7.05 Å². The number of para-hydroxylation sites is 1.